The predicted molar refractivity (Wildman–Crippen MR) is 41.4 cm³/mol. The quantitative estimate of drug-likeness (QED) is 0.618. The lowest BCUT2D eigenvalue weighted by Gasteiger charge is -2.47. The highest BCUT2D eigenvalue weighted by Gasteiger charge is 2.37. The van der Waals surface area contributed by atoms with E-state index in [2.05, 4.69) is 4.90 Å². The smallest absolute Gasteiger partial charge is 0.0731 e. The molecular weight excluding hydrogens is 142 g/mol. The second-order valence-corrected chi connectivity index (χ2v) is 3.45. The molecule has 0 radical (unpaired) electrons. The molecule has 3 fully saturated rings. The van der Waals surface area contributed by atoms with E-state index in [9.17, 15) is 0 Å². The van der Waals surface area contributed by atoms with Gasteiger partial charge in [0.15, 0.2) is 0 Å². The average Bonchev–Trinajstić information content (AvgIpc) is 2.00. The van der Waals surface area contributed by atoms with Crippen molar-refractivity contribution in [3.8, 4) is 0 Å². The van der Waals surface area contributed by atoms with E-state index < -0.39 is 0 Å². The Labute approximate surface area is 66.9 Å². The van der Waals surface area contributed by atoms with Gasteiger partial charge in [0, 0.05) is 32.7 Å². The Balaban J connectivity index is 1.70. The number of aliphatic hydroxyl groups excluding tert-OH is 1. The molecule has 3 heteroatoms. The van der Waals surface area contributed by atoms with Gasteiger partial charge >= 0.3 is 0 Å². The summed E-state index contributed by atoms with van der Waals surface area (Å²) in [6, 6.07) is 0. The lowest BCUT2D eigenvalue weighted by molar-refractivity contribution is -0.180. The van der Waals surface area contributed by atoms with Gasteiger partial charge in [0.05, 0.1) is 12.2 Å². The monoisotopic (exact) mass is 157 g/mol. The van der Waals surface area contributed by atoms with Crippen LogP contribution < -0.4 is 0 Å². The summed E-state index contributed by atoms with van der Waals surface area (Å²) in [6.07, 6.45) is 3.18. The number of aliphatic hydroxyl groups is 1. The van der Waals surface area contributed by atoms with Gasteiger partial charge in [0.2, 0.25) is 0 Å². The number of ether oxygens (including phenoxy) is 1. The second-order valence-electron chi connectivity index (χ2n) is 3.45. The summed E-state index contributed by atoms with van der Waals surface area (Å²) in [5, 5.41) is 8.62. The molecule has 64 valence electrons. The first kappa shape index (κ1) is 7.53. The average molecular weight is 157 g/mol. The zero-order valence-corrected chi connectivity index (χ0v) is 6.70. The van der Waals surface area contributed by atoms with Crippen LogP contribution in [0.25, 0.3) is 0 Å². The number of piperidine rings is 1. The van der Waals surface area contributed by atoms with E-state index in [0.29, 0.717) is 18.8 Å². The van der Waals surface area contributed by atoms with Gasteiger partial charge in [-0.1, -0.05) is 0 Å². The molecular formula is C8H15NO2. The molecule has 11 heavy (non-hydrogen) atoms. The SMILES string of the molecule is OCCCN1CC2CC(C1)O2. The summed E-state index contributed by atoms with van der Waals surface area (Å²) in [6.45, 7) is 3.51. The van der Waals surface area contributed by atoms with E-state index in [1.165, 1.54) is 6.42 Å². The first-order chi connectivity index (χ1) is 5.38. The first-order valence-corrected chi connectivity index (χ1v) is 4.37. The highest BCUT2D eigenvalue weighted by Crippen LogP contribution is 2.27. The molecule has 3 aliphatic rings. The van der Waals surface area contributed by atoms with Crippen LogP contribution in [0.4, 0.5) is 0 Å². The zero-order valence-electron chi connectivity index (χ0n) is 6.70. The van der Waals surface area contributed by atoms with Gasteiger partial charge in [-0.25, -0.2) is 0 Å². The molecule has 0 aromatic rings. The molecule has 3 heterocycles. The summed E-state index contributed by atoms with van der Waals surface area (Å²) < 4.78 is 5.48. The maximum Gasteiger partial charge on any atom is 0.0731 e. The minimum Gasteiger partial charge on any atom is -0.396 e. The van der Waals surface area contributed by atoms with Crippen molar-refractivity contribution in [2.45, 2.75) is 25.0 Å². The highest BCUT2D eigenvalue weighted by molar-refractivity contribution is 4.88. The molecule has 0 saturated carbocycles. The van der Waals surface area contributed by atoms with E-state index >= 15 is 0 Å². The van der Waals surface area contributed by atoms with Crippen LogP contribution in [-0.4, -0.2) is 48.5 Å². The van der Waals surface area contributed by atoms with Gasteiger partial charge in [-0.2, -0.15) is 0 Å². The molecule has 3 saturated heterocycles. The fourth-order valence-corrected chi connectivity index (χ4v) is 1.92. The number of hydrogen-bond donors (Lipinski definition) is 1. The van der Waals surface area contributed by atoms with Crippen LogP contribution in [-0.2, 0) is 4.74 Å². The van der Waals surface area contributed by atoms with Gasteiger partial charge in [-0.3, -0.25) is 4.90 Å². The van der Waals surface area contributed by atoms with Crippen LogP contribution >= 0.6 is 0 Å². The van der Waals surface area contributed by atoms with Crippen molar-refractivity contribution < 1.29 is 9.84 Å². The molecule has 0 aromatic carbocycles. The van der Waals surface area contributed by atoms with Crippen molar-refractivity contribution in [2.24, 2.45) is 0 Å². The van der Waals surface area contributed by atoms with Gasteiger partial charge in [0.1, 0.15) is 0 Å². The topological polar surface area (TPSA) is 32.7 Å². The Hall–Kier alpha value is -0.120. The Bertz CT molecular complexity index is 124. The molecule has 2 unspecified atom stereocenters. The molecule has 1 N–H and O–H groups in total. The molecule has 3 rings (SSSR count). The van der Waals surface area contributed by atoms with Gasteiger partial charge in [-0.15, -0.1) is 0 Å². The zero-order chi connectivity index (χ0) is 7.68. The van der Waals surface area contributed by atoms with Gasteiger partial charge in [0.25, 0.3) is 0 Å². The largest absolute Gasteiger partial charge is 0.396 e. The molecule has 3 nitrogen and oxygen atoms in total. The van der Waals surface area contributed by atoms with E-state index in [1.54, 1.807) is 0 Å². The van der Waals surface area contributed by atoms with E-state index in [-0.39, 0.29) is 0 Å². The van der Waals surface area contributed by atoms with Crippen molar-refractivity contribution in [1.29, 1.82) is 0 Å². The fraction of sp³-hybridized carbons (Fsp3) is 1.00. The summed E-state index contributed by atoms with van der Waals surface area (Å²) >= 11 is 0. The first-order valence-electron chi connectivity index (χ1n) is 4.37. The van der Waals surface area contributed by atoms with Crippen molar-refractivity contribution >= 4 is 0 Å². The van der Waals surface area contributed by atoms with E-state index in [0.717, 1.165) is 26.1 Å². The summed E-state index contributed by atoms with van der Waals surface area (Å²) in [4.78, 5) is 2.39. The van der Waals surface area contributed by atoms with E-state index in [1.807, 2.05) is 0 Å². The third-order valence-electron chi connectivity index (χ3n) is 2.47. The van der Waals surface area contributed by atoms with Crippen LogP contribution in [0.15, 0.2) is 0 Å². The van der Waals surface area contributed by atoms with Crippen LogP contribution in [0.5, 0.6) is 0 Å². The minimum atomic E-state index is 0.312. The van der Waals surface area contributed by atoms with Crippen molar-refractivity contribution in [3.05, 3.63) is 0 Å². The number of fused-ring (bicyclic) bond motifs is 2. The maximum absolute atomic E-state index is 8.62. The molecule has 0 spiro atoms. The maximum atomic E-state index is 8.62. The summed E-state index contributed by atoms with van der Waals surface area (Å²) in [7, 11) is 0. The number of hydrogen-bond acceptors (Lipinski definition) is 3. The Kier molecular flexibility index (Phi) is 2.11. The van der Waals surface area contributed by atoms with Gasteiger partial charge in [-0.05, 0) is 6.42 Å². The number of morpholine rings is 1. The third kappa shape index (κ3) is 1.55. The molecule has 0 amide bonds. The van der Waals surface area contributed by atoms with Crippen molar-refractivity contribution in [2.75, 3.05) is 26.2 Å². The Morgan fingerprint density at radius 1 is 1.36 bits per heavy atom. The van der Waals surface area contributed by atoms with Crippen LogP contribution in [0.3, 0.4) is 0 Å². The fourth-order valence-electron chi connectivity index (χ4n) is 1.92. The van der Waals surface area contributed by atoms with Crippen molar-refractivity contribution in [1.82, 2.24) is 4.90 Å². The van der Waals surface area contributed by atoms with Gasteiger partial charge < -0.3 is 9.84 Å². The molecule has 0 aromatic heterocycles. The minimum absolute atomic E-state index is 0.312. The predicted octanol–water partition coefficient (Wildman–Crippen LogP) is -0.158. The normalized spacial score (nSPS) is 36.8. The van der Waals surface area contributed by atoms with Crippen LogP contribution in [0, 0.1) is 0 Å². The Morgan fingerprint density at radius 2 is 2.00 bits per heavy atom. The van der Waals surface area contributed by atoms with E-state index in [4.69, 9.17) is 9.84 Å². The lowest BCUT2D eigenvalue weighted by atomic mass is 9.99. The lowest BCUT2D eigenvalue weighted by Crippen LogP contribution is -2.57. The number of rotatable bonds is 3. The summed E-state index contributed by atoms with van der Waals surface area (Å²) in [5.74, 6) is 0. The van der Waals surface area contributed by atoms with Crippen LogP contribution in [0.2, 0.25) is 0 Å². The molecule has 2 atom stereocenters. The highest BCUT2D eigenvalue weighted by atomic mass is 16.5. The van der Waals surface area contributed by atoms with Crippen molar-refractivity contribution in [3.63, 3.8) is 0 Å². The molecule has 2 bridgehead atoms. The standard InChI is InChI=1S/C8H15NO2/c10-3-1-2-9-5-7-4-8(6-9)11-7/h7-8,10H,1-6H2. The Morgan fingerprint density at radius 3 is 2.55 bits per heavy atom. The third-order valence-corrected chi connectivity index (χ3v) is 2.47. The van der Waals surface area contributed by atoms with Crippen LogP contribution in [0.1, 0.15) is 12.8 Å². The summed E-state index contributed by atoms with van der Waals surface area (Å²) in [5.41, 5.74) is 0. The second kappa shape index (κ2) is 3.09. The molecule has 3 aliphatic heterocycles. The molecule has 0 aliphatic carbocycles. The number of nitrogens with zero attached hydrogens (tertiary/aromatic N) is 1.